The van der Waals surface area contributed by atoms with Gasteiger partial charge in [-0.05, 0) is 39.9 Å². The number of aromatic carboxylic acids is 1. The minimum atomic E-state index is -0.997. The topological polar surface area (TPSA) is 105 Å². The number of nitrogens with one attached hydrogen (secondary N) is 2. The summed E-state index contributed by atoms with van der Waals surface area (Å²) in [5.74, 6) is -1.70. The van der Waals surface area contributed by atoms with Crippen LogP contribution in [0.3, 0.4) is 0 Å². The highest BCUT2D eigenvalue weighted by Gasteiger charge is 2.29. The zero-order chi connectivity index (χ0) is 24.1. The Balaban J connectivity index is 1.24. The maximum absolute atomic E-state index is 12.3. The van der Waals surface area contributed by atoms with Crippen molar-refractivity contribution in [3.05, 3.63) is 95.1 Å². The SMILES string of the molecule is CC(CNC(=O)OCC1c2ccccc2-c2ccccc21)C(=O)NCc1ccc(C(=O)O)cc1. The van der Waals surface area contributed by atoms with Crippen molar-refractivity contribution < 1.29 is 24.2 Å². The van der Waals surface area contributed by atoms with Gasteiger partial charge in [-0.1, -0.05) is 67.6 Å². The average molecular weight is 459 g/mol. The van der Waals surface area contributed by atoms with E-state index >= 15 is 0 Å². The second kappa shape index (κ2) is 10.2. The molecular weight excluding hydrogens is 432 g/mol. The van der Waals surface area contributed by atoms with Crippen molar-refractivity contribution in [1.82, 2.24) is 10.6 Å². The van der Waals surface area contributed by atoms with Gasteiger partial charge in [0.1, 0.15) is 6.61 Å². The number of carboxylic acids is 1. The lowest BCUT2D eigenvalue weighted by molar-refractivity contribution is -0.124. The third-order valence-corrected chi connectivity index (χ3v) is 6.01. The Kier molecular flexibility index (Phi) is 6.92. The highest BCUT2D eigenvalue weighted by molar-refractivity contribution is 5.87. The molecule has 3 N–H and O–H groups in total. The van der Waals surface area contributed by atoms with Gasteiger partial charge in [0.05, 0.1) is 11.5 Å². The number of hydrogen-bond acceptors (Lipinski definition) is 4. The second-order valence-electron chi connectivity index (χ2n) is 8.33. The summed E-state index contributed by atoms with van der Waals surface area (Å²) in [7, 11) is 0. The van der Waals surface area contributed by atoms with Crippen molar-refractivity contribution in [3.63, 3.8) is 0 Å². The molecule has 34 heavy (non-hydrogen) atoms. The lowest BCUT2D eigenvalue weighted by atomic mass is 9.98. The van der Waals surface area contributed by atoms with Gasteiger partial charge in [0.25, 0.3) is 0 Å². The molecule has 0 saturated carbocycles. The number of rotatable bonds is 8. The molecule has 1 aliphatic rings. The fourth-order valence-electron chi connectivity index (χ4n) is 4.11. The zero-order valence-electron chi connectivity index (χ0n) is 18.8. The van der Waals surface area contributed by atoms with Crippen molar-refractivity contribution in [2.75, 3.05) is 13.2 Å². The fourth-order valence-corrected chi connectivity index (χ4v) is 4.11. The van der Waals surface area contributed by atoms with E-state index in [-0.39, 0.29) is 37.1 Å². The van der Waals surface area contributed by atoms with Crippen LogP contribution < -0.4 is 10.6 Å². The first-order valence-electron chi connectivity index (χ1n) is 11.1. The van der Waals surface area contributed by atoms with E-state index in [0.29, 0.717) is 0 Å². The van der Waals surface area contributed by atoms with Crippen LogP contribution in [-0.2, 0) is 16.1 Å². The van der Waals surface area contributed by atoms with Gasteiger partial charge < -0.3 is 20.5 Å². The minimum Gasteiger partial charge on any atom is -0.478 e. The normalized spacial score (nSPS) is 12.9. The summed E-state index contributed by atoms with van der Waals surface area (Å²) in [5, 5.41) is 14.4. The zero-order valence-corrected chi connectivity index (χ0v) is 18.8. The van der Waals surface area contributed by atoms with E-state index < -0.39 is 18.0 Å². The Morgan fingerprint density at radius 2 is 1.47 bits per heavy atom. The van der Waals surface area contributed by atoms with Crippen LogP contribution in [0, 0.1) is 5.92 Å². The minimum absolute atomic E-state index is 0.0219. The molecule has 2 amide bonds. The van der Waals surface area contributed by atoms with E-state index in [0.717, 1.165) is 27.8 Å². The van der Waals surface area contributed by atoms with Gasteiger partial charge in [0.2, 0.25) is 5.91 Å². The van der Waals surface area contributed by atoms with Gasteiger partial charge in [-0.2, -0.15) is 0 Å². The lowest BCUT2D eigenvalue weighted by Crippen LogP contribution is -2.37. The Bertz CT molecular complexity index is 1160. The Hall–Kier alpha value is -4.13. The number of ether oxygens (including phenoxy) is 1. The number of carbonyl (C=O) groups excluding carboxylic acids is 2. The van der Waals surface area contributed by atoms with Crippen LogP contribution in [0.2, 0.25) is 0 Å². The molecule has 0 heterocycles. The van der Waals surface area contributed by atoms with Gasteiger partial charge in [-0.15, -0.1) is 0 Å². The van der Waals surface area contributed by atoms with Crippen LogP contribution >= 0.6 is 0 Å². The predicted molar refractivity (Wildman–Crippen MR) is 127 cm³/mol. The molecule has 0 aromatic heterocycles. The predicted octanol–water partition coefficient (Wildman–Crippen LogP) is 4.18. The van der Waals surface area contributed by atoms with Gasteiger partial charge >= 0.3 is 12.1 Å². The van der Waals surface area contributed by atoms with Crippen molar-refractivity contribution in [2.45, 2.75) is 19.4 Å². The molecule has 174 valence electrons. The summed E-state index contributed by atoms with van der Waals surface area (Å²) in [6.45, 7) is 2.34. The van der Waals surface area contributed by atoms with Crippen LogP contribution in [0.15, 0.2) is 72.8 Å². The number of fused-ring (bicyclic) bond motifs is 3. The molecule has 0 aliphatic heterocycles. The molecule has 0 spiro atoms. The number of carboxylic acid groups (broad SMARTS) is 1. The number of benzene rings is 3. The molecule has 0 saturated heterocycles. The molecule has 0 radical (unpaired) electrons. The maximum atomic E-state index is 12.3. The van der Waals surface area contributed by atoms with Crippen LogP contribution in [0.4, 0.5) is 4.79 Å². The van der Waals surface area contributed by atoms with Gasteiger partial charge in [0.15, 0.2) is 0 Å². The highest BCUT2D eigenvalue weighted by Crippen LogP contribution is 2.44. The smallest absolute Gasteiger partial charge is 0.407 e. The second-order valence-corrected chi connectivity index (χ2v) is 8.33. The molecule has 7 nitrogen and oxygen atoms in total. The molecule has 4 rings (SSSR count). The first kappa shape index (κ1) is 23.0. The molecule has 0 fully saturated rings. The standard InChI is InChI=1S/C27H26N2O5/c1-17(25(30)28-15-18-10-12-19(13-11-18)26(31)32)14-29-27(33)34-16-24-22-8-4-2-6-20(22)21-7-3-5-9-23(21)24/h2-13,17,24H,14-16H2,1H3,(H,28,30)(H,29,33)(H,31,32). The maximum Gasteiger partial charge on any atom is 0.407 e. The van der Waals surface area contributed by atoms with Crippen LogP contribution in [0.5, 0.6) is 0 Å². The summed E-state index contributed by atoms with van der Waals surface area (Å²) in [5.41, 5.74) is 5.58. The van der Waals surface area contributed by atoms with E-state index in [4.69, 9.17) is 9.84 Å². The molecule has 3 aromatic carbocycles. The van der Waals surface area contributed by atoms with E-state index in [1.54, 1.807) is 19.1 Å². The van der Waals surface area contributed by atoms with E-state index in [1.807, 2.05) is 24.3 Å². The Morgan fingerprint density at radius 1 is 0.882 bits per heavy atom. The van der Waals surface area contributed by atoms with Crippen molar-refractivity contribution in [3.8, 4) is 11.1 Å². The summed E-state index contributed by atoms with van der Waals surface area (Å²) >= 11 is 0. The summed E-state index contributed by atoms with van der Waals surface area (Å²) in [6.07, 6.45) is -0.564. The first-order chi connectivity index (χ1) is 16.4. The number of alkyl carbamates (subject to hydrolysis) is 1. The van der Waals surface area contributed by atoms with Crippen molar-refractivity contribution in [2.24, 2.45) is 5.92 Å². The number of hydrogen-bond donors (Lipinski definition) is 3. The van der Waals surface area contributed by atoms with Crippen LogP contribution in [0.25, 0.3) is 11.1 Å². The summed E-state index contributed by atoms with van der Waals surface area (Å²) in [4.78, 5) is 35.6. The third-order valence-electron chi connectivity index (χ3n) is 6.01. The fraction of sp³-hybridized carbons (Fsp3) is 0.222. The molecule has 1 aliphatic carbocycles. The lowest BCUT2D eigenvalue weighted by Gasteiger charge is -2.16. The van der Waals surface area contributed by atoms with Crippen LogP contribution in [0.1, 0.15) is 39.9 Å². The summed E-state index contributed by atoms with van der Waals surface area (Å²) < 4.78 is 5.50. The number of amides is 2. The van der Waals surface area contributed by atoms with Gasteiger partial charge in [-0.25, -0.2) is 9.59 Å². The number of carbonyl (C=O) groups is 3. The Morgan fingerprint density at radius 3 is 2.06 bits per heavy atom. The molecule has 1 unspecified atom stereocenters. The largest absolute Gasteiger partial charge is 0.478 e. The van der Waals surface area contributed by atoms with E-state index in [2.05, 4.69) is 34.9 Å². The molecule has 1 atom stereocenters. The van der Waals surface area contributed by atoms with E-state index in [9.17, 15) is 14.4 Å². The molecule has 3 aromatic rings. The highest BCUT2D eigenvalue weighted by atomic mass is 16.5. The molecule has 0 bridgehead atoms. The summed E-state index contributed by atoms with van der Waals surface area (Å²) in [6, 6.07) is 22.5. The van der Waals surface area contributed by atoms with Crippen molar-refractivity contribution >= 4 is 18.0 Å². The quantitative estimate of drug-likeness (QED) is 0.470. The van der Waals surface area contributed by atoms with E-state index in [1.165, 1.54) is 12.1 Å². The first-order valence-corrected chi connectivity index (χ1v) is 11.1. The Labute approximate surface area is 197 Å². The monoisotopic (exact) mass is 458 g/mol. The molecule has 7 heteroatoms. The molecular formula is C27H26N2O5. The van der Waals surface area contributed by atoms with Gasteiger partial charge in [-0.3, -0.25) is 4.79 Å². The van der Waals surface area contributed by atoms with Crippen LogP contribution in [-0.4, -0.2) is 36.2 Å². The van der Waals surface area contributed by atoms with Crippen molar-refractivity contribution in [1.29, 1.82) is 0 Å². The van der Waals surface area contributed by atoms with Gasteiger partial charge in [0, 0.05) is 19.0 Å². The average Bonchev–Trinajstić information content (AvgIpc) is 3.18. The third kappa shape index (κ3) is 5.09.